The lowest BCUT2D eigenvalue weighted by atomic mass is 10.1. The number of benzene rings is 2. The fourth-order valence-electron chi connectivity index (χ4n) is 2.51. The van der Waals surface area contributed by atoms with Gasteiger partial charge in [0.05, 0.1) is 16.8 Å². The zero-order valence-electron chi connectivity index (χ0n) is 15.5. The molecule has 2 aromatic carbocycles. The molecule has 3 rings (SSSR count). The van der Waals surface area contributed by atoms with Crippen LogP contribution in [0.2, 0.25) is 5.02 Å². The summed E-state index contributed by atoms with van der Waals surface area (Å²) in [5, 5.41) is 0.772. The van der Waals surface area contributed by atoms with Gasteiger partial charge in [0.2, 0.25) is 0 Å². The van der Waals surface area contributed by atoms with E-state index in [0.717, 1.165) is 36.5 Å². The monoisotopic (exact) mass is 511 g/mol. The van der Waals surface area contributed by atoms with Crippen molar-refractivity contribution >= 4 is 44.0 Å². The highest BCUT2D eigenvalue weighted by Crippen LogP contribution is 2.35. The van der Waals surface area contributed by atoms with Gasteiger partial charge in [-0.1, -0.05) is 29.0 Å². The number of carbonyl (C=O) groups is 1. The van der Waals surface area contributed by atoms with Crippen molar-refractivity contribution in [3.8, 4) is 0 Å². The lowest BCUT2D eigenvalue weighted by molar-refractivity contribution is -0.137. The Morgan fingerprint density at radius 3 is 2.41 bits per heavy atom. The van der Waals surface area contributed by atoms with Crippen molar-refractivity contribution in [1.29, 1.82) is 0 Å². The Balaban J connectivity index is 1.70. The van der Waals surface area contributed by atoms with Crippen LogP contribution in [0.3, 0.4) is 0 Å². The number of nitrogens with one attached hydrogen (secondary N) is 2. The number of anilines is 1. The van der Waals surface area contributed by atoms with Crippen molar-refractivity contribution in [3.05, 3.63) is 75.3 Å². The van der Waals surface area contributed by atoms with Gasteiger partial charge in [0.15, 0.2) is 10.3 Å². The van der Waals surface area contributed by atoms with Crippen molar-refractivity contribution in [2.75, 3.05) is 4.72 Å². The Kier molecular flexibility index (Phi) is 6.72. The molecular formula is C18H11ClF5N3O3S2. The second kappa shape index (κ2) is 9.00. The molecule has 0 aliphatic carbocycles. The summed E-state index contributed by atoms with van der Waals surface area (Å²) < 4.78 is 92.0. The molecule has 14 heteroatoms. The Morgan fingerprint density at radius 2 is 1.84 bits per heavy atom. The highest BCUT2D eigenvalue weighted by atomic mass is 35.5. The maximum Gasteiger partial charge on any atom is 0.417 e. The molecule has 1 aromatic heterocycles. The van der Waals surface area contributed by atoms with Crippen molar-refractivity contribution < 1.29 is 35.2 Å². The van der Waals surface area contributed by atoms with E-state index in [1.165, 1.54) is 0 Å². The van der Waals surface area contributed by atoms with E-state index in [1.54, 1.807) is 0 Å². The lowest BCUT2D eigenvalue weighted by Gasteiger charge is -2.11. The molecule has 0 spiro atoms. The normalized spacial score (nSPS) is 11.9. The molecule has 0 saturated carbocycles. The third-order valence-corrected chi connectivity index (χ3v) is 6.49. The van der Waals surface area contributed by atoms with Crippen LogP contribution in [0.1, 0.15) is 21.5 Å². The third kappa shape index (κ3) is 5.53. The molecule has 1 amide bonds. The van der Waals surface area contributed by atoms with Gasteiger partial charge in [0.1, 0.15) is 10.7 Å². The van der Waals surface area contributed by atoms with Crippen LogP contribution in [0.4, 0.5) is 27.1 Å². The average Bonchev–Trinajstić information content (AvgIpc) is 3.08. The van der Waals surface area contributed by atoms with E-state index in [-0.39, 0.29) is 22.8 Å². The van der Waals surface area contributed by atoms with Gasteiger partial charge in [0.25, 0.3) is 15.9 Å². The average molecular weight is 512 g/mol. The van der Waals surface area contributed by atoms with E-state index in [9.17, 15) is 35.2 Å². The van der Waals surface area contributed by atoms with Crippen LogP contribution < -0.4 is 10.0 Å². The van der Waals surface area contributed by atoms with Crippen molar-refractivity contribution in [1.82, 2.24) is 10.3 Å². The third-order valence-electron chi connectivity index (χ3n) is 3.97. The van der Waals surface area contributed by atoms with Gasteiger partial charge < -0.3 is 5.32 Å². The first-order chi connectivity index (χ1) is 14.9. The molecule has 170 valence electrons. The molecule has 0 radical (unpaired) electrons. The Morgan fingerprint density at radius 1 is 1.12 bits per heavy atom. The number of amides is 1. The predicted octanol–water partition coefficient (Wildman–Crippen LogP) is 4.82. The molecule has 0 fully saturated rings. The minimum Gasteiger partial charge on any atom is -0.348 e. The number of rotatable bonds is 6. The van der Waals surface area contributed by atoms with E-state index in [0.29, 0.717) is 17.4 Å². The number of aromatic nitrogens is 1. The highest BCUT2D eigenvalue weighted by molar-refractivity contribution is 7.93. The Bertz CT molecular complexity index is 1280. The molecule has 0 unspecified atom stereocenters. The molecular weight excluding hydrogens is 501 g/mol. The number of alkyl halides is 3. The summed E-state index contributed by atoms with van der Waals surface area (Å²) in [7, 11) is -4.43. The van der Waals surface area contributed by atoms with Gasteiger partial charge in [-0.25, -0.2) is 17.8 Å². The quantitative estimate of drug-likeness (QED) is 0.464. The lowest BCUT2D eigenvalue weighted by Crippen LogP contribution is -2.23. The van der Waals surface area contributed by atoms with Crippen LogP contribution in [0, 0.1) is 10.9 Å². The minimum absolute atomic E-state index is 0.213. The largest absolute Gasteiger partial charge is 0.417 e. The minimum atomic E-state index is -4.62. The van der Waals surface area contributed by atoms with Crippen LogP contribution in [0.5, 0.6) is 0 Å². The van der Waals surface area contributed by atoms with Crippen LogP contribution in [-0.2, 0) is 22.7 Å². The first-order valence-electron chi connectivity index (χ1n) is 8.44. The van der Waals surface area contributed by atoms with Crippen molar-refractivity contribution in [3.63, 3.8) is 0 Å². The number of halogens is 6. The first-order valence-corrected chi connectivity index (χ1v) is 11.1. The molecule has 0 saturated heterocycles. The molecule has 2 N–H and O–H groups in total. The van der Waals surface area contributed by atoms with Crippen LogP contribution in [-0.4, -0.2) is 19.3 Å². The first kappa shape index (κ1) is 23.9. The second-order valence-electron chi connectivity index (χ2n) is 6.21. The summed E-state index contributed by atoms with van der Waals surface area (Å²) in [6.45, 7) is -0.213. The van der Waals surface area contributed by atoms with Gasteiger partial charge in [0, 0.05) is 12.1 Å². The summed E-state index contributed by atoms with van der Waals surface area (Å²) in [6.07, 6.45) is -3.84. The van der Waals surface area contributed by atoms with E-state index in [1.807, 2.05) is 4.72 Å². The Hall–Kier alpha value is -2.77. The molecule has 6 nitrogen and oxygen atoms in total. The number of hydrogen-bond donors (Lipinski definition) is 2. The summed E-state index contributed by atoms with van der Waals surface area (Å²) in [4.78, 5) is 14.9. The molecule has 0 bridgehead atoms. The standard InChI is InChI=1S/C18H11ClF5N3O3S2/c19-12-5-9(1-3-11(12)18(22,23)24)7-25-16(28)10-2-4-14(13(20)6-10)32(29,30)27-17-26-8-15(21)31-17/h1-6,8H,7H2,(H,25,28)(H,26,27). The van der Waals surface area contributed by atoms with Gasteiger partial charge >= 0.3 is 6.18 Å². The smallest absolute Gasteiger partial charge is 0.348 e. The van der Waals surface area contributed by atoms with E-state index >= 15 is 0 Å². The second-order valence-corrected chi connectivity index (χ2v) is 9.25. The van der Waals surface area contributed by atoms with Crippen LogP contribution in [0.15, 0.2) is 47.5 Å². The maximum absolute atomic E-state index is 14.4. The number of carbonyl (C=O) groups excluding carboxylic acids is 1. The Labute approximate surface area is 187 Å². The zero-order valence-corrected chi connectivity index (χ0v) is 17.9. The molecule has 32 heavy (non-hydrogen) atoms. The van der Waals surface area contributed by atoms with E-state index < -0.39 is 48.5 Å². The van der Waals surface area contributed by atoms with Gasteiger partial charge in [-0.2, -0.15) is 17.6 Å². The summed E-state index contributed by atoms with van der Waals surface area (Å²) in [5.74, 6) is -2.06. The fourth-order valence-corrected chi connectivity index (χ4v) is 4.67. The number of hydrogen-bond acceptors (Lipinski definition) is 5. The number of sulfonamides is 1. The van der Waals surface area contributed by atoms with E-state index in [2.05, 4.69) is 10.3 Å². The van der Waals surface area contributed by atoms with Crippen LogP contribution >= 0.6 is 22.9 Å². The molecule has 0 aliphatic heterocycles. The zero-order chi connectivity index (χ0) is 23.7. The fraction of sp³-hybridized carbons (Fsp3) is 0.111. The molecule has 1 heterocycles. The summed E-state index contributed by atoms with van der Waals surface area (Å²) in [6, 6.07) is 5.48. The summed E-state index contributed by atoms with van der Waals surface area (Å²) in [5.41, 5.74) is -1.00. The number of thiazole rings is 1. The molecule has 3 aromatic rings. The molecule has 0 atom stereocenters. The van der Waals surface area contributed by atoms with Crippen molar-refractivity contribution in [2.24, 2.45) is 0 Å². The predicted molar refractivity (Wildman–Crippen MR) is 107 cm³/mol. The van der Waals surface area contributed by atoms with Gasteiger partial charge in [-0.3, -0.25) is 9.52 Å². The van der Waals surface area contributed by atoms with Crippen LogP contribution in [0.25, 0.3) is 0 Å². The van der Waals surface area contributed by atoms with Gasteiger partial charge in [-0.15, -0.1) is 0 Å². The summed E-state index contributed by atoms with van der Waals surface area (Å²) >= 11 is 6.02. The maximum atomic E-state index is 14.4. The van der Waals surface area contributed by atoms with Gasteiger partial charge in [-0.05, 0) is 35.9 Å². The SMILES string of the molecule is O=C(NCc1ccc(C(F)(F)F)c(Cl)c1)c1ccc(S(=O)(=O)Nc2ncc(F)s2)c(F)c1. The highest BCUT2D eigenvalue weighted by Gasteiger charge is 2.33. The van der Waals surface area contributed by atoms with Crippen molar-refractivity contribution in [2.45, 2.75) is 17.6 Å². The topological polar surface area (TPSA) is 88.2 Å². The number of nitrogens with zero attached hydrogens (tertiary/aromatic N) is 1. The van der Waals surface area contributed by atoms with E-state index in [4.69, 9.17) is 11.6 Å². The molecule has 0 aliphatic rings.